The molecule has 0 unspecified atom stereocenters. The highest BCUT2D eigenvalue weighted by atomic mass is 16.5. The average Bonchev–Trinajstić information content (AvgIpc) is 2.52. The molecule has 0 aliphatic heterocycles. The zero-order valence-electron chi connectivity index (χ0n) is 12.8. The van der Waals surface area contributed by atoms with Crippen LogP contribution < -0.4 is 15.8 Å². The molecule has 1 saturated carbocycles. The molecule has 6 nitrogen and oxygen atoms in total. The fourth-order valence-electron chi connectivity index (χ4n) is 2.36. The fraction of sp³-hybridized carbons (Fsp3) is 0.733. The first-order chi connectivity index (χ1) is 10.3. The van der Waals surface area contributed by atoms with Crippen molar-refractivity contribution in [2.45, 2.75) is 51.2 Å². The summed E-state index contributed by atoms with van der Waals surface area (Å²) in [6.45, 7) is 4.09. The van der Waals surface area contributed by atoms with E-state index in [1.165, 1.54) is 0 Å². The molecule has 1 aliphatic rings. The maximum absolute atomic E-state index is 5.88. The minimum absolute atomic E-state index is 0.353. The summed E-state index contributed by atoms with van der Waals surface area (Å²) in [5, 5.41) is 3.16. The van der Waals surface area contributed by atoms with Gasteiger partial charge in [0.05, 0.1) is 19.3 Å². The molecule has 0 bridgehead atoms. The molecule has 1 heterocycles. The number of nitrogens with zero attached hydrogens (tertiary/aromatic N) is 2. The summed E-state index contributed by atoms with van der Waals surface area (Å²) in [6, 6.07) is 2.13. The third kappa shape index (κ3) is 5.85. The van der Waals surface area contributed by atoms with Crippen LogP contribution in [0.5, 0.6) is 5.88 Å². The number of hydrogen-bond acceptors (Lipinski definition) is 6. The van der Waals surface area contributed by atoms with Gasteiger partial charge in [0.15, 0.2) is 0 Å². The third-order valence-electron chi connectivity index (χ3n) is 3.54. The van der Waals surface area contributed by atoms with E-state index < -0.39 is 0 Å². The van der Waals surface area contributed by atoms with Gasteiger partial charge in [-0.1, -0.05) is 6.92 Å². The molecule has 1 aromatic rings. The Hall–Kier alpha value is -1.40. The Labute approximate surface area is 126 Å². The molecule has 0 aromatic carbocycles. The molecule has 2 rings (SSSR count). The Morgan fingerprint density at radius 2 is 2.10 bits per heavy atom. The minimum Gasteiger partial charge on any atom is -0.478 e. The van der Waals surface area contributed by atoms with E-state index in [0.29, 0.717) is 43.7 Å². The van der Waals surface area contributed by atoms with Crippen LogP contribution in [-0.2, 0) is 4.74 Å². The molecule has 21 heavy (non-hydrogen) atoms. The van der Waals surface area contributed by atoms with Crippen molar-refractivity contribution in [2.75, 3.05) is 25.1 Å². The number of hydrogen-bond donors (Lipinski definition) is 2. The van der Waals surface area contributed by atoms with Gasteiger partial charge < -0.3 is 20.5 Å². The zero-order chi connectivity index (χ0) is 14.9. The monoisotopic (exact) mass is 294 g/mol. The Morgan fingerprint density at radius 3 is 2.86 bits per heavy atom. The highest BCUT2D eigenvalue weighted by Crippen LogP contribution is 2.19. The van der Waals surface area contributed by atoms with Crippen LogP contribution in [0.15, 0.2) is 12.3 Å². The molecule has 3 N–H and O–H groups in total. The Kier molecular flexibility index (Phi) is 6.69. The molecular weight excluding hydrogens is 268 g/mol. The van der Waals surface area contributed by atoms with Crippen molar-refractivity contribution in [3.8, 4) is 5.88 Å². The lowest BCUT2D eigenvalue weighted by molar-refractivity contribution is 0.0312. The summed E-state index contributed by atoms with van der Waals surface area (Å²) in [5.74, 6) is 1.19. The lowest BCUT2D eigenvalue weighted by Crippen LogP contribution is -2.31. The first-order valence-electron chi connectivity index (χ1n) is 7.85. The maximum Gasteiger partial charge on any atom is 0.226 e. The van der Waals surface area contributed by atoms with Crippen LogP contribution in [0.4, 0.5) is 5.95 Å². The predicted molar refractivity (Wildman–Crippen MR) is 82.5 cm³/mol. The van der Waals surface area contributed by atoms with Crippen LogP contribution in [0.25, 0.3) is 0 Å². The van der Waals surface area contributed by atoms with Crippen LogP contribution in [0.1, 0.15) is 39.0 Å². The van der Waals surface area contributed by atoms with E-state index in [2.05, 4.69) is 22.2 Å². The fourth-order valence-corrected chi connectivity index (χ4v) is 2.36. The van der Waals surface area contributed by atoms with E-state index in [1.807, 2.05) is 0 Å². The van der Waals surface area contributed by atoms with Gasteiger partial charge in [-0.3, -0.25) is 0 Å². The van der Waals surface area contributed by atoms with Gasteiger partial charge in [-0.15, -0.1) is 0 Å². The van der Waals surface area contributed by atoms with Crippen molar-refractivity contribution in [2.24, 2.45) is 5.73 Å². The molecule has 1 aromatic heterocycles. The first kappa shape index (κ1) is 16.0. The average molecular weight is 294 g/mol. The van der Waals surface area contributed by atoms with E-state index in [-0.39, 0.29) is 0 Å². The highest BCUT2D eigenvalue weighted by molar-refractivity contribution is 5.27. The van der Waals surface area contributed by atoms with Crippen molar-refractivity contribution in [3.05, 3.63) is 12.3 Å². The molecule has 0 radical (unpaired) electrons. The van der Waals surface area contributed by atoms with E-state index in [1.54, 1.807) is 12.3 Å². The molecule has 1 fully saturated rings. The highest BCUT2D eigenvalue weighted by Gasteiger charge is 2.18. The Morgan fingerprint density at radius 1 is 1.29 bits per heavy atom. The van der Waals surface area contributed by atoms with E-state index in [0.717, 1.165) is 32.1 Å². The Bertz CT molecular complexity index is 408. The van der Waals surface area contributed by atoms with Gasteiger partial charge in [-0.05, 0) is 32.1 Å². The minimum atomic E-state index is 0.353. The second-order valence-electron chi connectivity index (χ2n) is 5.40. The van der Waals surface area contributed by atoms with E-state index >= 15 is 0 Å². The van der Waals surface area contributed by atoms with Gasteiger partial charge in [0.2, 0.25) is 11.8 Å². The molecule has 0 amide bonds. The summed E-state index contributed by atoms with van der Waals surface area (Å²) in [4.78, 5) is 8.46. The van der Waals surface area contributed by atoms with Gasteiger partial charge in [0, 0.05) is 24.8 Å². The first-order valence-corrected chi connectivity index (χ1v) is 7.85. The second kappa shape index (κ2) is 8.79. The van der Waals surface area contributed by atoms with Crippen LogP contribution in [0, 0.1) is 0 Å². The summed E-state index contributed by atoms with van der Waals surface area (Å²) >= 11 is 0. The maximum atomic E-state index is 5.88. The van der Waals surface area contributed by atoms with Gasteiger partial charge in [-0.25, -0.2) is 4.98 Å². The van der Waals surface area contributed by atoms with Crippen molar-refractivity contribution in [3.63, 3.8) is 0 Å². The number of nitrogens with two attached hydrogens (primary N) is 1. The van der Waals surface area contributed by atoms with Crippen LogP contribution in [-0.4, -0.2) is 41.9 Å². The molecule has 6 heteroatoms. The normalized spacial score (nSPS) is 22.0. The van der Waals surface area contributed by atoms with Crippen molar-refractivity contribution in [1.82, 2.24) is 9.97 Å². The summed E-state index contributed by atoms with van der Waals surface area (Å²) in [6.07, 6.45) is 7.29. The second-order valence-corrected chi connectivity index (χ2v) is 5.40. The molecule has 118 valence electrons. The number of aromatic nitrogens is 2. The smallest absolute Gasteiger partial charge is 0.226 e. The number of rotatable bonds is 8. The van der Waals surface area contributed by atoms with E-state index in [9.17, 15) is 0 Å². The molecule has 0 atom stereocenters. The lowest BCUT2D eigenvalue weighted by Gasteiger charge is -2.26. The standard InChI is InChI=1S/C15H26N4O2/c1-2-10-21-14-7-8-17-15(19-14)18-9-11-20-13-5-3-12(16)4-6-13/h7-8,12-13H,2-6,9-11,16H2,1H3,(H,17,18,19). The molecular formula is C15H26N4O2. The predicted octanol–water partition coefficient (Wildman–Crippen LogP) is 1.96. The van der Waals surface area contributed by atoms with Crippen LogP contribution in [0.2, 0.25) is 0 Å². The quantitative estimate of drug-likeness (QED) is 0.713. The number of ether oxygens (including phenoxy) is 2. The number of nitrogens with one attached hydrogen (secondary N) is 1. The zero-order valence-corrected chi connectivity index (χ0v) is 12.8. The topological polar surface area (TPSA) is 82.3 Å². The number of anilines is 1. The van der Waals surface area contributed by atoms with Crippen LogP contribution in [0.3, 0.4) is 0 Å². The molecule has 1 aliphatic carbocycles. The molecule has 0 spiro atoms. The lowest BCUT2D eigenvalue weighted by atomic mass is 9.94. The van der Waals surface area contributed by atoms with Gasteiger partial charge in [-0.2, -0.15) is 4.98 Å². The van der Waals surface area contributed by atoms with Crippen molar-refractivity contribution < 1.29 is 9.47 Å². The Balaban J connectivity index is 1.64. The molecule has 0 saturated heterocycles. The summed E-state index contributed by atoms with van der Waals surface area (Å²) < 4.78 is 11.3. The van der Waals surface area contributed by atoms with Crippen molar-refractivity contribution >= 4 is 5.95 Å². The van der Waals surface area contributed by atoms with Crippen LogP contribution >= 0.6 is 0 Å². The van der Waals surface area contributed by atoms with Gasteiger partial charge >= 0.3 is 0 Å². The van der Waals surface area contributed by atoms with E-state index in [4.69, 9.17) is 15.2 Å². The largest absolute Gasteiger partial charge is 0.478 e. The van der Waals surface area contributed by atoms with Gasteiger partial charge in [0.1, 0.15) is 0 Å². The SMILES string of the molecule is CCCOc1ccnc(NCCOC2CCC(N)CC2)n1. The van der Waals surface area contributed by atoms with Crippen molar-refractivity contribution in [1.29, 1.82) is 0 Å². The van der Waals surface area contributed by atoms with Gasteiger partial charge in [0.25, 0.3) is 0 Å². The summed E-state index contributed by atoms with van der Waals surface area (Å²) in [7, 11) is 0. The summed E-state index contributed by atoms with van der Waals surface area (Å²) in [5.41, 5.74) is 5.88. The third-order valence-corrected chi connectivity index (χ3v) is 3.54.